The van der Waals surface area contributed by atoms with E-state index in [2.05, 4.69) is 5.92 Å². The first kappa shape index (κ1) is 11.2. The molecule has 5 heteroatoms. The number of hydrogen-bond acceptors (Lipinski definition) is 3. The van der Waals surface area contributed by atoms with Gasteiger partial charge in [0.15, 0.2) is 0 Å². The van der Waals surface area contributed by atoms with Gasteiger partial charge in [-0.15, -0.1) is 12.3 Å². The zero-order valence-electron chi connectivity index (χ0n) is 8.27. The molecule has 1 fully saturated rings. The number of terminal acetylenes is 1. The minimum Gasteiger partial charge on any atom is -0.480 e. The second-order valence-electron chi connectivity index (χ2n) is 3.47. The number of carboxylic acid groups (broad SMARTS) is 1. The van der Waals surface area contributed by atoms with Gasteiger partial charge < -0.3 is 5.11 Å². The van der Waals surface area contributed by atoms with Crippen molar-refractivity contribution < 1.29 is 19.5 Å². The number of likely N-dealkylation sites (tertiary alicyclic amines) is 1. The summed E-state index contributed by atoms with van der Waals surface area (Å²) in [7, 11) is 0. The highest BCUT2D eigenvalue weighted by molar-refractivity contribution is 6.06. The molecule has 0 aromatic carbocycles. The van der Waals surface area contributed by atoms with Gasteiger partial charge in [0.2, 0.25) is 11.8 Å². The molecule has 0 radical (unpaired) electrons. The topological polar surface area (TPSA) is 74.7 Å². The van der Waals surface area contributed by atoms with E-state index in [0.29, 0.717) is 0 Å². The zero-order chi connectivity index (χ0) is 11.6. The fourth-order valence-corrected chi connectivity index (χ4v) is 1.54. The van der Waals surface area contributed by atoms with Crippen LogP contribution in [0.15, 0.2) is 0 Å². The summed E-state index contributed by atoms with van der Waals surface area (Å²) >= 11 is 0. The molecule has 1 aliphatic heterocycles. The molecule has 1 aliphatic rings. The van der Waals surface area contributed by atoms with Gasteiger partial charge in [-0.05, 0) is 0 Å². The van der Waals surface area contributed by atoms with Crippen molar-refractivity contribution in [2.24, 2.45) is 5.92 Å². The first-order valence-corrected chi connectivity index (χ1v) is 4.51. The van der Waals surface area contributed by atoms with Gasteiger partial charge in [0.25, 0.3) is 0 Å². The number of rotatable bonds is 3. The zero-order valence-corrected chi connectivity index (χ0v) is 8.27. The molecule has 1 saturated heterocycles. The maximum Gasteiger partial charge on any atom is 0.327 e. The van der Waals surface area contributed by atoms with Crippen molar-refractivity contribution in [1.29, 1.82) is 0 Å². The van der Waals surface area contributed by atoms with Crippen molar-refractivity contribution in [2.45, 2.75) is 25.8 Å². The third-order valence-corrected chi connectivity index (χ3v) is 2.32. The first-order chi connectivity index (χ1) is 6.99. The number of imide groups is 1. The fourth-order valence-electron chi connectivity index (χ4n) is 1.54. The maximum absolute atomic E-state index is 11.5. The Morgan fingerprint density at radius 1 is 1.73 bits per heavy atom. The fraction of sp³-hybridized carbons (Fsp3) is 0.500. The number of nitrogens with zero attached hydrogens (tertiary/aromatic N) is 1. The van der Waals surface area contributed by atoms with E-state index in [4.69, 9.17) is 11.5 Å². The Balaban J connectivity index is 2.94. The van der Waals surface area contributed by atoms with Crippen LogP contribution in [0.1, 0.15) is 19.8 Å². The Kier molecular flexibility index (Phi) is 3.10. The summed E-state index contributed by atoms with van der Waals surface area (Å²) in [6, 6.07) is -1.22. The molecule has 0 bridgehead atoms. The van der Waals surface area contributed by atoms with E-state index in [0.717, 1.165) is 4.90 Å². The van der Waals surface area contributed by atoms with Gasteiger partial charge in [-0.3, -0.25) is 14.5 Å². The lowest BCUT2D eigenvalue weighted by Crippen LogP contribution is -2.44. The molecule has 1 N–H and O–H groups in total. The molecule has 0 saturated carbocycles. The molecule has 0 aromatic rings. The van der Waals surface area contributed by atoms with Crippen LogP contribution in [0, 0.1) is 18.3 Å². The Bertz CT molecular complexity index is 355. The van der Waals surface area contributed by atoms with Gasteiger partial charge in [0, 0.05) is 18.8 Å². The molecule has 5 nitrogen and oxygen atoms in total. The van der Waals surface area contributed by atoms with Crippen LogP contribution < -0.4 is 0 Å². The van der Waals surface area contributed by atoms with Crippen LogP contribution in [0.3, 0.4) is 0 Å². The van der Waals surface area contributed by atoms with Crippen LogP contribution in [0.5, 0.6) is 0 Å². The number of amides is 2. The van der Waals surface area contributed by atoms with Crippen molar-refractivity contribution in [2.75, 3.05) is 0 Å². The SMILES string of the molecule is C#CCC(C(=O)O)N1C(=O)CC(C)C1=O. The molecule has 0 aromatic heterocycles. The minimum atomic E-state index is -1.25. The first-order valence-electron chi connectivity index (χ1n) is 4.51. The molecule has 2 amide bonds. The summed E-state index contributed by atoms with van der Waals surface area (Å²) < 4.78 is 0. The number of carbonyl (C=O) groups excluding carboxylic acids is 2. The smallest absolute Gasteiger partial charge is 0.327 e. The minimum absolute atomic E-state index is 0.0627. The van der Waals surface area contributed by atoms with Crippen molar-refractivity contribution in [3.63, 3.8) is 0 Å². The average Bonchev–Trinajstić information content (AvgIpc) is 2.38. The lowest BCUT2D eigenvalue weighted by molar-refractivity contribution is -0.154. The molecule has 0 aliphatic carbocycles. The monoisotopic (exact) mass is 209 g/mol. The summed E-state index contributed by atoms with van der Waals surface area (Å²) in [5.41, 5.74) is 0. The molecular formula is C10H11NO4. The van der Waals surface area contributed by atoms with E-state index in [-0.39, 0.29) is 12.8 Å². The Hall–Kier alpha value is -1.83. The molecule has 80 valence electrons. The normalized spacial score (nSPS) is 22.7. The van der Waals surface area contributed by atoms with E-state index in [1.54, 1.807) is 6.92 Å². The predicted molar refractivity (Wildman–Crippen MR) is 50.5 cm³/mol. The highest BCUT2D eigenvalue weighted by Gasteiger charge is 2.42. The molecule has 2 unspecified atom stereocenters. The quantitative estimate of drug-likeness (QED) is 0.518. The molecule has 1 rings (SSSR count). The Labute approximate surface area is 87.1 Å². The van der Waals surface area contributed by atoms with Crippen molar-refractivity contribution >= 4 is 17.8 Å². The van der Waals surface area contributed by atoms with Crippen LogP contribution in [0.4, 0.5) is 0 Å². The maximum atomic E-state index is 11.5. The summed E-state index contributed by atoms with van der Waals surface area (Å²) in [4.78, 5) is 34.5. The second-order valence-corrected chi connectivity index (χ2v) is 3.47. The van der Waals surface area contributed by atoms with E-state index >= 15 is 0 Å². The standard InChI is InChI=1S/C10H11NO4/c1-3-4-7(10(14)15)11-8(12)5-6(2)9(11)13/h1,6-7H,4-5H2,2H3,(H,14,15). The lowest BCUT2D eigenvalue weighted by Gasteiger charge is -2.20. The van der Waals surface area contributed by atoms with Crippen molar-refractivity contribution in [1.82, 2.24) is 4.90 Å². The van der Waals surface area contributed by atoms with Gasteiger partial charge >= 0.3 is 5.97 Å². The molecule has 0 spiro atoms. The van der Waals surface area contributed by atoms with E-state index in [9.17, 15) is 14.4 Å². The van der Waals surface area contributed by atoms with Gasteiger partial charge in [-0.2, -0.15) is 0 Å². The van der Waals surface area contributed by atoms with Crippen molar-refractivity contribution in [3.8, 4) is 12.3 Å². The van der Waals surface area contributed by atoms with E-state index < -0.39 is 29.7 Å². The third-order valence-electron chi connectivity index (χ3n) is 2.32. The molecule has 2 atom stereocenters. The van der Waals surface area contributed by atoms with Crippen LogP contribution in [0.2, 0.25) is 0 Å². The van der Waals surface area contributed by atoms with Crippen LogP contribution in [-0.4, -0.2) is 33.8 Å². The van der Waals surface area contributed by atoms with Crippen molar-refractivity contribution in [3.05, 3.63) is 0 Å². The van der Waals surface area contributed by atoms with Crippen LogP contribution >= 0.6 is 0 Å². The molecule has 1 heterocycles. The summed E-state index contributed by atoms with van der Waals surface area (Å²) in [6.45, 7) is 1.59. The van der Waals surface area contributed by atoms with E-state index in [1.807, 2.05) is 0 Å². The predicted octanol–water partition coefficient (Wildman–Crippen LogP) is -0.142. The Morgan fingerprint density at radius 2 is 2.33 bits per heavy atom. The second kappa shape index (κ2) is 4.13. The van der Waals surface area contributed by atoms with Gasteiger partial charge in [0.1, 0.15) is 6.04 Å². The number of aliphatic carboxylic acids is 1. The number of carboxylic acids is 1. The molecular weight excluding hydrogens is 198 g/mol. The Morgan fingerprint density at radius 3 is 2.67 bits per heavy atom. The summed E-state index contributed by atoms with van der Waals surface area (Å²) in [6.07, 6.45) is 4.91. The van der Waals surface area contributed by atoms with E-state index in [1.165, 1.54) is 0 Å². The molecule has 15 heavy (non-hydrogen) atoms. The van der Waals surface area contributed by atoms with Gasteiger partial charge in [-0.25, -0.2) is 4.79 Å². The van der Waals surface area contributed by atoms with Crippen LogP contribution in [0.25, 0.3) is 0 Å². The third kappa shape index (κ3) is 1.99. The summed E-state index contributed by atoms with van der Waals surface area (Å²) in [5.74, 6) is -0.457. The summed E-state index contributed by atoms with van der Waals surface area (Å²) in [5, 5.41) is 8.84. The number of carbonyl (C=O) groups is 3. The lowest BCUT2D eigenvalue weighted by atomic mass is 10.1. The highest BCUT2D eigenvalue weighted by Crippen LogP contribution is 2.22. The van der Waals surface area contributed by atoms with Gasteiger partial charge in [-0.1, -0.05) is 6.92 Å². The average molecular weight is 209 g/mol. The highest BCUT2D eigenvalue weighted by atomic mass is 16.4. The largest absolute Gasteiger partial charge is 0.480 e. The van der Waals surface area contributed by atoms with Gasteiger partial charge in [0.05, 0.1) is 0 Å². The number of hydrogen-bond donors (Lipinski definition) is 1. The van der Waals surface area contributed by atoms with Crippen LogP contribution in [-0.2, 0) is 14.4 Å².